The zero-order valence-electron chi connectivity index (χ0n) is 17.6. The van der Waals surface area contributed by atoms with Gasteiger partial charge in [0.2, 0.25) is 0 Å². The molecule has 7 heteroatoms. The van der Waals surface area contributed by atoms with Crippen molar-refractivity contribution in [2.45, 2.75) is 39.0 Å². The fourth-order valence-corrected chi connectivity index (χ4v) is 2.56. The van der Waals surface area contributed by atoms with Crippen LogP contribution in [0, 0.1) is 0 Å². The van der Waals surface area contributed by atoms with Crippen molar-refractivity contribution in [1.29, 1.82) is 0 Å². The Balaban J connectivity index is 1.78. The molecular weight excluding hydrogens is 384 g/mol. The summed E-state index contributed by atoms with van der Waals surface area (Å²) in [5, 5.41) is 2.64. The van der Waals surface area contributed by atoms with Crippen LogP contribution in [0.1, 0.15) is 49.5 Å². The molecule has 0 unspecified atom stereocenters. The van der Waals surface area contributed by atoms with Crippen LogP contribution in [0.2, 0.25) is 0 Å². The van der Waals surface area contributed by atoms with Crippen LogP contribution in [-0.4, -0.2) is 31.0 Å². The molecule has 160 valence electrons. The number of benzene rings is 2. The topological polar surface area (TPSA) is 93.7 Å². The van der Waals surface area contributed by atoms with Gasteiger partial charge in [-0.25, -0.2) is 10.3 Å². The van der Waals surface area contributed by atoms with Gasteiger partial charge in [0.15, 0.2) is 6.61 Å². The van der Waals surface area contributed by atoms with E-state index in [1.165, 1.54) is 0 Å². The van der Waals surface area contributed by atoms with Crippen LogP contribution in [0.25, 0.3) is 0 Å². The molecule has 0 aliphatic heterocycles. The molecule has 0 fully saturated rings. The van der Waals surface area contributed by atoms with Crippen LogP contribution in [-0.2, 0) is 24.6 Å². The molecule has 0 radical (unpaired) electrons. The number of nitrogens with one attached hydrogen (secondary N) is 2. The molecule has 0 spiro atoms. The Bertz CT molecular complexity index is 848. The van der Waals surface area contributed by atoms with Crippen LogP contribution >= 0.6 is 0 Å². The number of carbonyl (C=O) groups is 3. The van der Waals surface area contributed by atoms with Crippen LogP contribution < -0.4 is 10.8 Å². The van der Waals surface area contributed by atoms with Crippen molar-refractivity contribution in [2.24, 2.45) is 0 Å². The maximum Gasteiger partial charge on any atom is 0.338 e. The Kier molecular flexibility index (Phi) is 8.55. The number of anilines is 1. The molecule has 2 aromatic carbocycles. The number of unbranched alkanes of at least 4 members (excludes halogenated alkanes) is 1. The van der Waals surface area contributed by atoms with Crippen molar-refractivity contribution in [3.8, 4) is 0 Å². The van der Waals surface area contributed by atoms with Gasteiger partial charge in [0.05, 0.1) is 17.6 Å². The third kappa shape index (κ3) is 6.70. The fourth-order valence-electron chi connectivity index (χ4n) is 2.56. The Hall–Kier alpha value is -3.19. The summed E-state index contributed by atoms with van der Waals surface area (Å²) >= 11 is 0. The lowest BCUT2D eigenvalue weighted by atomic mass is 9.84. The van der Waals surface area contributed by atoms with Gasteiger partial charge in [0, 0.05) is 5.69 Å². The minimum absolute atomic E-state index is 0.350. The lowest BCUT2D eigenvalue weighted by molar-refractivity contribution is -0.141. The molecule has 0 saturated carbocycles. The van der Waals surface area contributed by atoms with E-state index in [1.807, 2.05) is 37.3 Å². The number of hydroxylamine groups is 1. The van der Waals surface area contributed by atoms with Crippen LogP contribution in [0.5, 0.6) is 0 Å². The molecule has 0 aromatic heterocycles. The second kappa shape index (κ2) is 11.1. The predicted molar refractivity (Wildman–Crippen MR) is 114 cm³/mol. The summed E-state index contributed by atoms with van der Waals surface area (Å²) in [6.07, 6.45) is 1.77. The Morgan fingerprint density at radius 2 is 1.63 bits per heavy atom. The number of ether oxygens (including phenoxy) is 1. The molecule has 2 amide bonds. The highest BCUT2D eigenvalue weighted by Crippen LogP contribution is 2.22. The number of carbonyl (C=O) groups excluding carboxylic acids is 3. The average molecular weight is 412 g/mol. The SMILES string of the molecule is CCCCOC(=O)c1ccc(NC(=O)CONC(=O)C(C)(C)c2ccccc2)cc1. The Morgan fingerprint density at radius 1 is 0.967 bits per heavy atom. The molecule has 0 heterocycles. The van der Waals surface area contributed by atoms with Crippen LogP contribution in [0.3, 0.4) is 0 Å². The van der Waals surface area contributed by atoms with Gasteiger partial charge in [-0.3, -0.25) is 14.4 Å². The van der Waals surface area contributed by atoms with E-state index < -0.39 is 17.3 Å². The largest absolute Gasteiger partial charge is 0.462 e. The van der Waals surface area contributed by atoms with Crippen molar-refractivity contribution in [3.05, 3.63) is 65.7 Å². The van der Waals surface area contributed by atoms with E-state index in [0.29, 0.717) is 17.9 Å². The Labute approximate surface area is 176 Å². The molecule has 0 atom stereocenters. The highest BCUT2D eigenvalue weighted by Gasteiger charge is 2.29. The average Bonchev–Trinajstić information content (AvgIpc) is 2.75. The summed E-state index contributed by atoms with van der Waals surface area (Å²) in [6.45, 7) is 5.60. The number of rotatable bonds is 10. The van der Waals surface area contributed by atoms with Crippen molar-refractivity contribution < 1.29 is 24.0 Å². The zero-order valence-corrected chi connectivity index (χ0v) is 17.6. The van der Waals surface area contributed by atoms with Crippen LogP contribution in [0.15, 0.2) is 54.6 Å². The summed E-state index contributed by atoms with van der Waals surface area (Å²) < 4.78 is 5.14. The van der Waals surface area contributed by atoms with Gasteiger partial charge >= 0.3 is 5.97 Å². The molecular formula is C23H28N2O5. The molecule has 2 N–H and O–H groups in total. The van der Waals surface area contributed by atoms with Gasteiger partial charge in [-0.05, 0) is 50.1 Å². The van der Waals surface area contributed by atoms with Crippen molar-refractivity contribution in [2.75, 3.05) is 18.5 Å². The highest BCUT2D eigenvalue weighted by atomic mass is 16.7. The minimum atomic E-state index is -0.806. The second-order valence-electron chi connectivity index (χ2n) is 7.33. The number of amides is 2. The molecule has 0 aliphatic carbocycles. The maximum atomic E-state index is 12.4. The first kappa shape index (κ1) is 23.1. The van der Waals surface area contributed by atoms with Gasteiger partial charge in [-0.2, -0.15) is 0 Å². The third-order valence-electron chi connectivity index (χ3n) is 4.57. The van der Waals surface area contributed by atoms with Crippen LogP contribution in [0.4, 0.5) is 5.69 Å². The molecule has 7 nitrogen and oxygen atoms in total. The van der Waals surface area contributed by atoms with Gasteiger partial charge < -0.3 is 10.1 Å². The first-order valence-corrected chi connectivity index (χ1v) is 9.89. The standard InChI is InChI=1S/C23H28N2O5/c1-4-5-15-29-21(27)17-11-13-19(14-12-17)24-20(26)16-30-25-22(28)23(2,3)18-9-7-6-8-10-18/h6-14H,4-5,15-16H2,1-3H3,(H,24,26)(H,25,28). The number of hydrogen-bond acceptors (Lipinski definition) is 5. The van der Waals surface area contributed by atoms with Gasteiger partial charge in [0.1, 0.15) is 0 Å². The van der Waals surface area contributed by atoms with Gasteiger partial charge in [0.25, 0.3) is 11.8 Å². The quantitative estimate of drug-likeness (QED) is 0.353. The fraction of sp³-hybridized carbons (Fsp3) is 0.348. The summed E-state index contributed by atoms with van der Waals surface area (Å²) in [5.41, 5.74) is 3.27. The lowest BCUT2D eigenvalue weighted by Gasteiger charge is -2.23. The number of hydrogen-bond donors (Lipinski definition) is 2. The van der Waals surface area contributed by atoms with E-state index in [4.69, 9.17) is 9.57 Å². The first-order valence-electron chi connectivity index (χ1n) is 9.89. The molecule has 0 aliphatic rings. The maximum absolute atomic E-state index is 12.4. The van der Waals surface area contributed by atoms with E-state index in [1.54, 1.807) is 38.1 Å². The first-order chi connectivity index (χ1) is 14.3. The molecule has 30 heavy (non-hydrogen) atoms. The summed E-state index contributed by atoms with van der Waals surface area (Å²) in [5.74, 6) is -1.19. The summed E-state index contributed by atoms with van der Waals surface area (Å²) in [7, 11) is 0. The van der Waals surface area contributed by atoms with E-state index in [9.17, 15) is 14.4 Å². The molecule has 2 rings (SSSR count). The lowest BCUT2D eigenvalue weighted by Crippen LogP contribution is -2.41. The smallest absolute Gasteiger partial charge is 0.338 e. The van der Waals surface area contributed by atoms with Crippen molar-refractivity contribution >= 4 is 23.5 Å². The second-order valence-corrected chi connectivity index (χ2v) is 7.33. The van der Waals surface area contributed by atoms with E-state index >= 15 is 0 Å². The zero-order chi connectivity index (χ0) is 22.0. The van der Waals surface area contributed by atoms with Crippen molar-refractivity contribution in [3.63, 3.8) is 0 Å². The normalized spacial score (nSPS) is 10.9. The van der Waals surface area contributed by atoms with Gasteiger partial charge in [-0.1, -0.05) is 43.7 Å². The number of esters is 1. The molecule has 2 aromatic rings. The third-order valence-corrected chi connectivity index (χ3v) is 4.57. The molecule has 0 bridgehead atoms. The van der Waals surface area contributed by atoms with Gasteiger partial charge in [-0.15, -0.1) is 0 Å². The highest BCUT2D eigenvalue weighted by molar-refractivity contribution is 5.94. The monoisotopic (exact) mass is 412 g/mol. The Morgan fingerprint density at radius 3 is 2.27 bits per heavy atom. The summed E-state index contributed by atoms with van der Waals surface area (Å²) in [6, 6.07) is 15.7. The van der Waals surface area contributed by atoms with E-state index in [2.05, 4.69) is 10.8 Å². The van der Waals surface area contributed by atoms with Crippen molar-refractivity contribution in [1.82, 2.24) is 5.48 Å². The van der Waals surface area contributed by atoms with E-state index in [0.717, 1.165) is 18.4 Å². The minimum Gasteiger partial charge on any atom is -0.462 e. The molecule has 0 saturated heterocycles. The van der Waals surface area contributed by atoms with E-state index in [-0.39, 0.29) is 12.5 Å². The predicted octanol–water partition coefficient (Wildman–Crippen LogP) is 3.61. The summed E-state index contributed by atoms with van der Waals surface area (Å²) in [4.78, 5) is 41.4.